The molecule has 1 unspecified atom stereocenters. The average molecular weight is 221 g/mol. The van der Waals surface area contributed by atoms with Crippen LogP contribution in [0.25, 0.3) is 0 Å². The predicted octanol–water partition coefficient (Wildman–Crippen LogP) is 1.13. The highest BCUT2D eigenvalue weighted by Crippen LogP contribution is 2.33. The molecule has 5 heteroatoms. The van der Waals surface area contributed by atoms with E-state index in [0.717, 1.165) is 0 Å². The van der Waals surface area contributed by atoms with Gasteiger partial charge in [-0.25, -0.2) is 4.79 Å². The standard InChI is InChI=1S/C11H11NO4/c1-6-10(13)12(2)8-4-3-7(11(14)15)5-9(8)16-6/h3-6H,1-2H3,(H,14,15). The third-order valence-corrected chi connectivity index (χ3v) is 2.55. The van der Waals surface area contributed by atoms with Crippen LogP contribution < -0.4 is 9.64 Å². The molecule has 0 spiro atoms. The van der Waals surface area contributed by atoms with Crippen LogP contribution in [0.15, 0.2) is 18.2 Å². The fraction of sp³-hybridized carbons (Fsp3) is 0.273. The van der Waals surface area contributed by atoms with E-state index in [-0.39, 0.29) is 11.5 Å². The summed E-state index contributed by atoms with van der Waals surface area (Å²) in [6, 6.07) is 4.45. The Kier molecular flexibility index (Phi) is 2.30. The number of carbonyl (C=O) groups excluding carboxylic acids is 1. The Labute approximate surface area is 92.2 Å². The Balaban J connectivity index is 2.49. The van der Waals surface area contributed by atoms with E-state index in [1.165, 1.54) is 17.0 Å². The second-order valence-electron chi connectivity index (χ2n) is 3.64. The number of carbonyl (C=O) groups is 2. The number of hydrogen-bond acceptors (Lipinski definition) is 3. The van der Waals surface area contributed by atoms with Crippen molar-refractivity contribution in [3.05, 3.63) is 23.8 Å². The summed E-state index contributed by atoms with van der Waals surface area (Å²) in [5, 5.41) is 8.83. The molecular weight excluding hydrogens is 210 g/mol. The van der Waals surface area contributed by atoms with Crippen molar-refractivity contribution in [1.29, 1.82) is 0 Å². The molecule has 0 saturated heterocycles. The summed E-state index contributed by atoms with van der Waals surface area (Å²) in [4.78, 5) is 23.8. The van der Waals surface area contributed by atoms with Crippen molar-refractivity contribution in [2.75, 3.05) is 11.9 Å². The smallest absolute Gasteiger partial charge is 0.335 e. The Morgan fingerprint density at radius 3 is 2.81 bits per heavy atom. The molecule has 1 aromatic carbocycles. The largest absolute Gasteiger partial charge is 0.479 e. The van der Waals surface area contributed by atoms with Gasteiger partial charge in [-0.05, 0) is 25.1 Å². The second kappa shape index (κ2) is 3.52. The van der Waals surface area contributed by atoms with Gasteiger partial charge < -0.3 is 14.7 Å². The van der Waals surface area contributed by atoms with Gasteiger partial charge in [0, 0.05) is 7.05 Å². The molecule has 1 N–H and O–H groups in total. The van der Waals surface area contributed by atoms with Gasteiger partial charge in [0.05, 0.1) is 11.3 Å². The highest BCUT2D eigenvalue weighted by molar-refractivity contribution is 6.00. The fourth-order valence-corrected chi connectivity index (χ4v) is 1.65. The first-order valence-corrected chi connectivity index (χ1v) is 4.82. The van der Waals surface area contributed by atoms with Crippen LogP contribution in [-0.2, 0) is 4.79 Å². The molecule has 1 heterocycles. The van der Waals surface area contributed by atoms with E-state index in [9.17, 15) is 9.59 Å². The van der Waals surface area contributed by atoms with Gasteiger partial charge in [-0.2, -0.15) is 0 Å². The number of rotatable bonds is 1. The van der Waals surface area contributed by atoms with Gasteiger partial charge in [0.2, 0.25) is 0 Å². The SMILES string of the molecule is CC1Oc2cc(C(=O)O)ccc2N(C)C1=O. The number of carboxylic acid groups (broad SMARTS) is 1. The zero-order valence-electron chi connectivity index (χ0n) is 8.93. The first kappa shape index (κ1) is 10.5. The predicted molar refractivity (Wildman–Crippen MR) is 56.9 cm³/mol. The van der Waals surface area contributed by atoms with Crippen LogP contribution in [0.4, 0.5) is 5.69 Å². The molecule has 1 aromatic rings. The maximum Gasteiger partial charge on any atom is 0.335 e. The number of aromatic carboxylic acids is 1. The number of hydrogen-bond donors (Lipinski definition) is 1. The number of anilines is 1. The lowest BCUT2D eigenvalue weighted by Gasteiger charge is -2.30. The summed E-state index contributed by atoms with van der Waals surface area (Å²) < 4.78 is 5.35. The van der Waals surface area contributed by atoms with Crippen LogP contribution >= 0.6 is 0 Å². The molecule has 0 aromatic heterocycles. The molecule has 0 radical (unpaired) electrons. The van der Waals surface area contributed by atoms with E-state index in [2.05, 4.69) is 0 Å². The molecule has 0 aliphatic carbocycles. The van der Waals surface area contributed by atoms with Crippen LogP contribution in [-0.4, -0.2) is 30.1 Å². The molecule has 1 atom stereocenters. The normalized spacial score (nSPS) is 19.0. The highest BCUT2D eigenvalue weighted by atomic mass is 16.5. The monoisotopic (exact) mass is 221 g/mol. The number of fused-ring (bicyclic) bond motifs is 1. The Bertz CT molecular complexity index is 469. The van der Waals surface area contributed by atoms with Crippen molar-refractivity contribution < 1.29 is 19.4 Å². The molecule has 1 aliphatic rings. The lowest BCUT2D eigenvalue weighted by molar-refractivity contribution is -0.125. The average Bonchev–Trinajstić information content (AvgIpc) is 2.25. The maximum absolute atomic E-state index is 11.6. The molecule has 0 bridgehead atoms. The minimum Gasteiger partial charge on any atom is -0.479 e. The van der Waals surface area contributed by atoms with Crippen molar-refractivity contribution in [2.45, 2.75) is 13.0 Å². The lowest BCUT2D eigenvalue weighted by Crippen LogP contribution is -2.42. The molecule has 2 rings (SSSR count). The molecule has 0 saturated carbocycles. The summed E-state index contributed by atoms with van der Waals surface area (Å²) in [6.07, 6.45) is -0.582. The van der Waals surface area contributed by atoms with Gasteiger partial charge in [0.25, 0.3) is 5.91 Å². The van der Waals surface area contributed by atoms with E-state index in [1.807, 2.05) is 0 Å². The van der Waals surface area contributed by atoms with E-state index in [0.29, 0.717) is 11.4 Å². The topological polar surface area (TPSA) is 66.8 Å². The van der Waals surface area contributed by atoms with Crippen molar-refractivity contribution in [1.82, 2.24) is 0 Å². The Hall–Kier alpha value is -2.04. The summed E-state index contributed by atoms with van der Waals surface area (Å²) >= 11 is 0. The van der Waals surface area contributed by atoms with Crippen LogP contribution in [0.1, 0.15) is 17.3 Å². The number of likely N-dealkylation sites (N-methyl/N-ethyl adjacent to an activating group) is 1. The minimum atomic E-state index is -1.02. The van der Waals surface area contributed by atoms with Crippen LogP contribution in [0.2, 0.25) is 0 Å². The third-order valence-electron chi connectivity index (χ3n) is 2.55. The van der Waals surface area contributed by atoms with E-state index >= 15 is 0 Å². The van der Waals surface area contributed by atoms with Crippen molar-refractivity contribution in [2.24, 2.45) is 0 Å². The lowest BCUT2D eigenvalue weighted by atomic mass is 10.1. The first-order valence-electron chi connectivity index (χ1n) is 4.82. The molecular formula is C11H11NO4. The third kappa shape index (κ3) is 1.50. The van der Waals surface area contributed by atoms with Crippen molar-refractivity contribution in [3.63, 3.8) is 0 Å². The molecule has 1 aliphatic heterocycles. The summed E-state index contributed by atoms with van der Waals surface area (Å²) in [7, 11) is 1.64. The number of carboxylic acids is 1. The number of benzene rings is 1. The van der Waals surface area contributed by atoms with Gasteiger partial charge in [0.1, 0.15) is 5.75 Å². The van der Waals surface area contributed by atoms with Crippen molar-refractivity contribution >= 4 is 17.6 Å². The molecule has 84 valence electrons. The Morgan fingerprint density at radius 2 is 2.19 bits per heavy atom. The van der Waals surface area contributed by atoms with Crippen molar-refractivity contribution in [3.8, 4) is 5.75 Å². The zero-order valence-corrected chi connectivity index (χ0v) is 8.93. The summed E-state index contributed by atoms with van der Waals surface area (Å²) in [5.74, 6) is -0.733. The van der Waals surface area contributed by atoms with Gasteiger partial charge >= 0.3 is 5.97 Å². The quantitative estimate of drug-likeness (QED) is 0.771. The first-order chi connectivity index (χ1) is 7.50. The zero-order chi connectivity index (χ0) is 11.9. The van der Waals surface area contributed by atoms with Crippen LogP contribution in [0.5, 0.6) is 5.75 Å². The van der Waals surface area contributed by atoms with E-state index in [4.69, 9.17) is 9.84 Å². The van der Waals surface area contributed by atoms with E-state index < -0.39 is 12.1 Å². The molecule has 5 nitrogen and oxygen atoms in total. The van der Waals surface area contributed by atoms with Gasteiger partial charge in [-0.15, -0.1) is 0 Å². The van der Waals surface area contributed by atoms with E-state index in [1.54, 1.807) is 20.0 Å². The Morgan fingerprint density at radius 1 is 1.50 bits per heavy atom. The van der Waals surface area contributed by atoms with Gasteiger partial charge in [0.15, 0.2) is 6.10 Å². The summed E-state index contributed by atoms with van der Waals surface area (Å²) in [5.41, 5.74) is 0.738. The number of amides is 1. The number of nitrogens with zero attached hydrogens (tertiary/aromatic N) is 1. The maximum atomic E-state index is 11.6. The van der Waals surface area contributed by atoms with Crippen LogP contribution in [0.3, 0.4) is 0 Å². The van der Waals surface area contributed by atoms with Gasteiger partial charge in [-0.3, -0.25) is 4.79 Å². The summed E-state index contributed by atoms with van der Waals surface area (Å²) in [6.45, 7) is 1.63. The highest BCUT2D eigenvalue weighted by Gasteiger charge is 2.29. The minimum absolute atomic E-state index is 0.143. The van der Waals surface area contributed by atoms with Gasteiger partial charge in [-0.1, -0.05) is 0 Å². The fourth-order valence-electron chi connectivity index (χ4n) is 1.65. The molecule has 16 heavy (non-hydrogen) atoms. The van der Waals surface area contributed by atoms with Crippen LogP contribution in [0, 0.1) is 0 Å². The second-order valence-corrected chi connectivity index (χ2v) is 3.64. The molecule has 0 fully saturated rings. The number of ether oxygens (including phenoxy) is 1. The molecule has 1 amide bonds.